The van der Waals surface area contributed by atoms with E-state index in [1.165, 1.54) is 0 Å². The second-order valence-electron chi connectivity index (χ2n) is 2.45. The molecule has 0 amide bonds. The highest BCUT2D eigenvalue weighted by molar-refractivity contribution is 14.1. The minimum Gasteiger partial charge on any atom is -0.282 e. The van der Waals surface area contributed by atoms with Gasteiger partial charge < -0.3 is 0 Å². The van der Waals surface area contributed by atoms with Crippen LogP contribution in [0.5, 0.6) is 0 Å². The Kier molecular flexibility index (Phi) is 2.88. The number of hydrogen-bond acceptors (Lipinski definition) is 1. The minimum absolute atomic E-state index is 0.0177. The summed E-state index contributed by atoms with van der Waals surface area (Å²) in [5.74, 6) is 2.53. The lowest BCUT2D eigenvalue weighted by Gasteiger charge is -1.99. The Labute approximate surface area is 85.3 Å². The maximum Gasteiger partial charge on any atom is 0.222 e. The fraction of sp³-hybridized carbons (Fsp3) is 0.100. The van der Waals surface area contributed by atoms with Gasteiger partial charge in [0.25, 0.3) is 0 Å². The van der Waals surface area contributed by atoms with E-state index in [9.17, 15) is 4.79 Å². The number of benzene rings is 1. The number of carbonyl (C=O) groups excluding carboxylic acids is 1. The molecule has 0 aliphatic carbocycles. The van der Waals surface area contributed by atoms with Gasteiger partial charge in [-0.2, -0.15) is 0 Å². The van der Waals surface area contributed by atoms with E-state index in [0.717, 1.165) is 11.1 Å². The number of rotatable bonds is 1. The van der Waals surface area contributed by atoms with Crippen LogP contribution in [0.2, 0.25) is 0 Å². The summed E-state index contributed by atoms with van der Waals surface area (Å²) in [6, 6.07) is 5.39. The maximum atomic E-state index is 10.9. The van der Waals surface area contributed by atoms with Gasteiger partial charge in [-0.25, -0.2) is 0 Å². The van der Waals surface area contributed by atoms with E-state index in [1.54, 1.807) is 34.7 Å². The van der Waals surface area contributed by atoms with Crippen molar-refractivity contribution >= 4 is 26.4 Å². The highest BCUT2D eigenvalue weighted by Crippen LogP contribution is 2.12. The summed E-state index contributed by atoms with van der Waals surface area (Å²) < 4.78 is 0.0177. The third-order valence-corrected chi connectivity index (χ3v) is 2.24. The van der Waals surface area contributed by atoms with Crippen molar-refractivity contribution in [2.24, 2.45) is 0 Å². The fourth-order valence-electron chi connectivity index (χ4n) is 0.900. The number of hydrogen-bond donors (Lipinski definition) is 0. The van der Waals surface area contributed by atoms with Crippen LogP contribution in [0.4, 0.5) is 0 Å². The number of aryl methyl sites for hydroxylation is 1. The average molecular weight is 270 g/mol. The molecule has 0 aliphatic heterocycles. The normalized spacial score (nSPS) is 9.08. The lowest BCUT2D eigenvalue weighted by Crippen LogP contribution is -1.90. The van der Waals surface area contributed by atoms with Crippen LogP contribution in [0.1, 0.15) is 21.5 Å². The van der Waals surface area contributed by atoms with Gasteiger partial charge in [0, 0.05) is 33.7 Å². The summed E-state index contributed by atoms with van der Waals surface area (Å²) >= 11 is 1.75. The van der Waals surface area contributed by atoms with Crippen molar-refractivity contribution in [1.82, 2.24) is 0 Å². The van der Waals surface area contributed by atoms with Crippen molar-refractivity contribution in [3.8, 4) is 12.3 Å². The van der Waals surface area contributed by atoms with Crippen molar-refractivity contribution < 1.29 is 4.79 Å². The Balaban J connectivity index is 3.25. The van der Waals surface area contributed by atoms with Crippen LogP contribution < -0.4 is 0 Å². The highest BCUT2D eigenvalue weighted by Gasteiger charge is 2.02. The molecule has 1 nitrogen and oxygen atoms in total. The predicted octanol–water partition coefficient (Wildman–Crippen LogP) is 2.55. The van der Waals surface area contributed by atoms with Crippen molar-refractivity contribution in [3.05, 3.63) is 34.9 Å². The molecule has 0 N–H and O–H groups in total. The molecule has 60 valence electrons. The molecular weight excluding hydrogens is 263 g/mol. The zero-order chi connectivity index (χ0) is 9.14. The molecular formula is C10H7IO. The van der Waals surface area contributed by atoms with E-state index >= 15 is 0 Å². The van der Waals surface area contributed by atoms with Crippen LogP contribution >= 0.6 is 22.6 Å². The fourth-order valence-corrected chi connectivity index (χ4v) is 1.24. The molecule has 1 aromatic rings. The summed E-state index contributed by atoms with van der Waals surface area (Å²) in [7, 11) is 0. The molecule has 0 aliphatic rings. The van der Waals surface area contributed by atoms with Gasteiger partial charge in [-0.1, -0.05) is 18.1 Å². The van der Waals surface area contributed by atoms with E-state index in [0.29, 0.717) is 5.56 Å². The third kappa shape index (κ3) is 1.86. The molecule has 0 aromatic heterocycles. The Morgan fingerprint density at radius 1 is 1.58 bits per heavy atom. The van der Waals surface area contributed by atoms with E-state index in [1.807, 2.05) is 13.0 Å². The number of halogens is 1. The van der Waals surface area contributed by atoms with Crippen LogP contribution in [-0.4, -0.2) is 3.79 Å². The first-order valence-electron chi connectivity index (χ1n) is 3.42. The predicted molar refractivity (Wildman–Crippen MR) is 57.5 cm³/mol. The smallest absolute Gasteiger partial charge is 0.222 e. The summed E-state index contributed by atoms with van der Waals surface area (Å²) in [5.41, 5.74) is 2.48. The SMILES string of the molecule is C#Cc1cc(C(=O)I)ccc1C. The van der Waals surface area contributed by atoms with Gasteiger partial charge in [0.15, 0.2) is 0 Å². The zero-order valence-electron chi connectivity index (χ0n) is 6.60. The van der Waals surface area contributed by atoms with Crippen molar-refractivity contribution in [3.63, 3.8) is 0 Å². The number of carbonyl (C=O) groups is 1. The van der Waals surface area contributed by atoms with Gasteiger partial charge >= 0.3 is 0 Å². The van der Waals surface area contributed by atoms with Crippen LogP contribution in [0.3, 0.4) is 0 Å². The number of terminal acetylenes is 1. The monoisotopic (exact) mass is 270 g/mol. The molecule has 0 bridgehead atoms. The first-order valence-corrected chi connectivity index (χ1v) is 4.50. The second-order valence-corrected chi connectivity index (χ2v) is 3.43. The standard InChI is InChI=1S/C10H7IO/c1-3-8-6-9(10(11)12)5-4-7(8)2/h1,4-6H,2H3. The van der Waals surface area contributed by atoms with Gasteiger partial charge in [-0.3, -0.25) is 4.79 Å². The van der Waals surface area contributed by atoms with Crippen molar-refractivity contribution in [1.29, 1.82) is 0 Å². The Bertz CT molecular complexity index is 361. The van der Waals surface area contributed by atoms with Crippen molar-refractivity contribution in [2.45, 2.75) is 6.92 Å². The van der Waals surface area contributed by atoms with E-state index < -0.39 is 0 Å². The first kappa shape index (κ1) is 9.27. The Morgan fingerprint density at radius 3 is 2.75 bits per heavy atom. The van der Waals surface area contributed by atoms with Gasteiger partial charge in [0.2, 0.25) is 3.79 Å². The molecule has 0 saturated heterocycles. The largest absolute Gasteiger partial charge is 0.282 e. The molecule has 0 spiro atoms. The lowest BCUT2D eigenvalue weighted by molar-refractivity contribution is 0.110. The van der Waals surface area contributed by atoms with E-state index in [-0.39, 0.29) is 3.79 Å². The summed E-state index contributed by atoms with van der Waals surface area (Å²) in [6.07, 6.45) is 5.26. The topological polar surface area (TPSA) is 17.1 Å². The van der Waals surface area contributed by atoms with Crippen LogP contribution in [0.25, 0.3) is 0 Å². The molecule has 1 aromatic carbocycles. The average Bonchev–Trinajstić information content (AvgIpc) is 2.05. The van der Waals surface area contributed by atoms with Gasteiger partial charge in [0.05, 0.1) is 0 Å². The molecule has 12 heavy (non-hydrogen) atoms. The second kappa shape index (κ2) is 3.72. The zero-order valence-corrected chi connectivity index (χ0v) is 8.75. The highest BCUT2D eigenvalue weighted by atomic mass is 127. The first-order chi connectivity index (χ1) is 5.65. The van der Waals surface area contributed by atoms with Crippen molar-refractivity contribution in [2.75, 3.05) is 0 Å². The summed E-state index contributed by atoms with van der Waals surface area (Å²) in [4.78, 5) is 10.9. The third-order valence-electron chi connectivity index (χ3n) is 1.62. The molecule has 1 rings (SSSR count). The molecule has 0 heterocycles. The van der Waals surface area contributed by atoms with Gasteiger partial charge in [-0.15, -0.1) is 6.42 Å². The van der Waals surface area contributed by atoms with Crippen LogP contribution in [-0.2, 0) is 0 Å². The molecule has 0 saturated carbocycles. The molecule has 2 heteroatoms. The molecule has 0 fully saturated rings. The van der Waals surface area contributed by atoms with Crippen LogP contribution in [0, 0.1) is 19.3 Å². The van der Waals surface area contributed by atoms with E-state index in [4.69, 9.17) is 6.42 Å². The Morgan fingerprint density at radius 2 is 2.25 bits per heavy atom. The van der Waals surface area contributed by atoms with Gasteiger partial charge in [0.1, 0.15) is 0 Å². The van der Waals surface area contributed by atoms with Crippen LogP contribution in [0.15, 0.2) is 18.2 Å². The minimum atomic E-state index is 0.0177. The molecule has 0 unspecified atom stereocenters. The van der Waals surface area contributed by atoms with Gasteiger partial charge in [-0.05, 0) is 18.6 Å². The lowest BCUT2D eigenvalue weighted by atomic mass is 10.1. The Hall–Kier alpha value is -0.820. The summed E-state index contributed by atoms with van der Waals surface area (Å²) in [6.45, 7) is 1.93. The molecule has 0 atom stereocenters. The maximum absolute atomic E-state index is 10.9. The van der Waals surface area contributed by atoms with E-state index in [2.05, 4.69) is 5.92 Å². The molecule has 0 radical (unpaired) electrons. The summed E-state index contributed by atoms with van der Waals surface area (Å²) in [5, 5.41) is 0. The quantitative estimate of drug-likeness (QED) is 0.435.